The third-order valence-electron chi connectivity index (χ3n) is 2.05. The number of carbonyl (C=O) groups is 1. The molecule has 90 valence electrons. The van der Waals surface area contributed by atoms with Crippen molar-refractivity contribution < 1.29 is 9.53 Å². The van der Waals surface area contributed by atoms with E-state index in [-0.39, 0.29) is 11.9 Å². The van der Waals surface area contributed by atoms with E-state index in [0.29, 0.717) is 25.0 Å². The Bertz CT molecular complexity index is 308. The molecule has 1 fully saturated rings. The molecule has 0 aliphatic carbocycles. The van der Waals surface area contributed by atoms with Crippen molar-refractivity contribution in [3.63, 3.8) is 0 Å². The SMILES string of the molecule is CC(C)/C=N/N=C1\OCCC(=O)N1C(C)C. The van der Waals surface area contributed by atoms with Crippen molar-refractivity contribution in [2.75, 3.05) is 6.61 Å². The maximum atomic E-state index is 11.7. The van der Waals surface area contributed by atoms with Crippen LogP contribution in [-0.4, -0.2) is 35.7 Å². The van der Waals surface area contributed by atoms with Gasteiger partial charge in [0, 0.05) is 12.3 Å². The topological polar surface area (TPSA) is 54.3 Å². The quantitative estimate of drug-likeness (QED) is 0.541. The van der Waals surface area contributed by atoms with Gasteiger partial charge in [0.2, 0.25) is 5.91 Å². The van der Waals surface area contributed by atoms with Crippen LogP contribution in [0.1, 0.15) is 34.1 Å². The summed E-state index contributed by atoms with van der Waals surface area (Å²) in [4.78, 5) is 13.2. The predicted molar refractivity (Wildman–Crippen MR) is 63.3 cm³/mol. The molecule has 1 amide bonds. The van der Waals surface area contributed by atoms with Crippen LogP contribution >= 0.6 is 0 Å². The summed E-state index contributed by atoms with van der Waals surface area (Å²) in [6, 6.07) is 0.351. The normalized spacial score (nSPS) is 20.2. The van der Waals surface area contributed by atoms with E-state index >= 15 is 0 Å². The number of amides is 1. The Morgan fingerprint density at radius 2 is 2.06 bits per heavy atom. The number of nitrogens with zero attached hydrogens (tertiary/aromatic N) is 3. The van der Waals surface area contributed by atoms with Crippen LogP contribution in [-0.2, 0) is 9.53 Å². The zero-order valence-electron chi connectivity index (χ0n) is 10.3. The van der Waals surface area contributed by atoms with Gasteiger partial charge in [-0.3, -0.25) is 9.69 Å². The van der Waals surface area contributed by atoms with Gasteiger partial charge in [0.15, 0.2) is 0 Å². The molecule has 0 spiro atoms. The Balaban J connectivity index is 2.79. The van der Waals surface area contributed by atoms with Crippen LogP contribution in [0.3, 0.4) is 0 Å². The fraction of sp³-hybridized carbons (Fsp3) is 0.727. The fourth-order valence-electron chi connectivity index (χ4n) is 1.33. The van der Waals surface area contributed by atoms with Crippen molar-refractivity contribution in [3.8, 4) is 0 Å². The van der Waals surface area contributed by atoms with E-state index in [2.05, 4.69) is 10.2 Å². The highest BCUT2D eigenvalue weighted by Crippen LogP contribution is 2.11. The number of carbonyl (C=O) groups excluding carboxylic acids is 1. The van der Waals surface area contributed by atoms with Gasteiger partial charge in [0.05, 0.1) is 6.42 Å². The van der Waals surface area contributed by atoms with E-state index in [1.807, 2.05) is 27.7 Å². The third-order valence-corrected chi connectivity index (χ3v) is 2.05. The third kappa shape index (κ3) is 3.32. The molecule has 16 heavy (non-hydrogen) atoms. The van der Waals surface area contributed by atoms with E-state index in [0.717, 1.165) is 0 Å². The van der Waals surface area contributed by atoms with Gasteiger partial charge in [-0.05, 0) is 19.8 Å². The lowest BCUT2D eigenvalue weighted by Gasteiger charge is -2.30. The molecule has 0 aromatic heterocycles. The molecule has 0 aromatic rings. The molecule has 1 aliphatic rings. The second kappa shape index (κ2) is 5.63. The van der Waals surface area contributed by atoms with Gasteiger partial charge in [-0.1, -0.05) is 18.9 Å². The molecular formula is C11H19N3O2. The smallest absolute Gasteiger partial charge is 0.318 e. The lowest BCUT2D eigenvalue weighted by atomic mass is 10.2. The largest absolute Gasteiger partial charge is 0.463 e. The summed E-state index contributed by atoms with van der Waals surface area (Å²) in [6.07, 6.45) is 2.12. The van der Waals surface area contributed by atoms with Gasteiger partial charge in [0.25, 0.3) is 0 Å². The first kappa shape index (κ1) is 12.7. The molecule has 0 unspecified atom stereocenters. The summed E-state index contributed by atoms with van der Waals surface area (Å²) in [6.45, 7) is 8.26. The fourth-order valence-corrected chi connectivity index (χ4v) is 1.33. The molecule has 1 rings (SSSR count). The molecule has 0 N–H and O–H groups in total. The molecule has 0 bridgehead atoms. The minimum absolute atomic E-state index is 0.0414. The minimum Gasteiger partial charge on any atom is -0.463 e. The number of hydrogen-bond donors (Lipinski definition) is 0. The first-order valence-corrected chi connectivity index (χ1v) is 5.58. The molecule has 0 atom stereocenters. The summed E-state index contributed by atoms with van der Waals surface area (Å²) in [5.41, 5.74) is 0. The Morgan fingerprint density at radius 1 is 1.38 bits per heavy atom. The monoisotopic (exact) mass is 225 g/mol. The van der Waals surface area contributed by atoms with E-state index in [1.54, 1.807) is 11.1 Å². The Kier molecular flexibility index (Phi) is 4.46. The van der Waals surface area contributed by atoms with Crippen LogP contribution in [0.4, 0.5) is 0 Å². The zero-order chi connectivity index (χ0) is 12.1. The molecule has 5 heteroatoms. The summed E-state index contributed by atoms with van der Waals surface area (Å²) >= 11 is 0. The van der Waals surface area contributed by atoms with Crippen molar-refractivity contribution in [3.05, 3.63) is 0 Å². The molecular weight excluding hydrogens is 206 g/mol. The standard InChI is InChI=1S/C11H19N3O2/c1-8(2)7-12-13-11-14(9(3)4)10(15)5-6-16-11/h7-9H,5-6H2,1-4H3/b12-7+,13-11-. The van der Waals surface area contributed by atoms with Crippen molar-refractivity contribution in [2.24, 2.45) is 16.1 Å². The van der Waals surface area contributed by atoms with Crippen LogP contribution in [0.5, 0.6) is 0 Å². The molecule has 0 saturated carbocycles. The predicted octanol–water partition coefficient (Wildman–Crippen LogP) is 1.64. The highest BCUT2D eigenvalue weighted by atomic mass is 16.5. The summed E-state index contributed by atoms with van der Waals surface area (Å²) in [5, 5.41) is 7.85. The van der Waals surface area contributed by atoms with Gasteiger partial charge in [-0.15, -0.1) is 0 Å². The van der Waals surface area contributed by atoms with Gasteiger partial charge in [-0.2, -0.15) is 5.10 Å². The van der Waals surface area contributed by atoms with E-state index in [4.69, 9.17) is 4.74 Å². The number of rotatable bonds is 3. The van der Waals surface area contributed by atoms with Crippen LogP contribution in [0.2, 0.25) is 0 Å². The Morgan fingerprint density at radius 3 is 2.62 bits per heavy atom. The van der Waals surface area contributed by atoms with Crippen LogP contribution in [0.25, 0.3) is 0 Å². The van der Waals surface area contributed by atoms with Crippen molar-refractivity contribution in [1.82, 2.24) is 4.90 Å². The van der Waals surface area contributed by atoms with Crippen molar-refractivity contribution in [2.45, 2.75) is 40.2 Å². The Hall–Kier alpha value is -1.39. The van der Waals surface area contributed by atoms with E-state index in [9.17, 15) is 4.79 Å². The van der Waals surface area contributed by atoms with Gasteiger partial charge >= 0.3 is 6.02 Å². The van der Waals surface area contributed by atoms with Crippen LogP contribution < -0.4 is 0 Å². The number of hydrogen-bond acceptors (Lipinski definition) is 4. The summed E-state index contributed by atoms with van der Waals surface area (Å²) in [7, 11) is 0. The van der Waals surface area contributed by atoms with Crippen LogP contribution in [0, 0.1) is 5.92 Å². The second-order valence-corrected chi connectivity index (χ2v) is 4.35. The Labute approximate surface area is 96.2 Å². The van der Waals surface area contributed by atoms with E-state index < -0.39 is 0 Å². The van der Waals surface area contributed by atoms with Gasteiger partial charge in [0.1, 0.15) is 6.61 Å². The highest BCUT2D eigenvalue weighted by molar-refractivity contribution is 5.96. The van der Waals surface area contributed by atoms with Gasteiger partial charge < -0.3 is 4.74 Å². The molecule has 1 aliphatic heterocycles. The highest BCUT2D eigenvalue weighted by Gasteiger charge is 2.28. The molecule has 0 radical (unpaired) electrons. The lowest BCUT2D eigenvalue weighted by Crippen LogP contribution is -2.47. The second-order valence-electron chi connectivity index (χ2n) is 4.35. The first-order chi connectivity index (χ1) is 7.52. The summed E-state index contributed by atoms with van der Waals surface area (Å²) in [5.74, 6) is 0.371. The van der Waals surface area contributed by atoms with Crippen molar-refractivity contribution in [1.29, 1.82) is 0 Å². The maximum absolute atomic E-state index is 11.7. The minimum atomic E-state index is 0.0414. The van der Waals surface area contributed by atoms with Gasteiger partial charge in [-0.25, -0.2) is 0 Å². The molecule has 5 nitrogen and oxygen atoms in total. The van der Waals surface area contributed by atoms with E-state index in [1.165, 1.54) is 0 Å². The number of ether oxygens (including phenoxy) is 1. The number of amidine groups is 1. The zero-order valence-corrected chi connectivity index (χ0v) is 10.3. The van der Waals surface area contributed by atoms with Crippen LogP contribution in [0.15, 0.2) is 10.2 Å². The average Bonchev–Trinajstić information content (AvgIpc) is 2.16. The molecule has 0 aromatic carbocycles. The first-order valence-electron chi connectivity index (χ1n) is 5.58. The summed E-state index contributed by atoms with van der Waals surface area (Å²) < 4.78 is 5.35. The molecule has 1 saturated heterocycles. The maximum Gasteiger partial charge on any atom is 0.318 e. The van der Waals surface area contributed by atoms with Crippen molar-refractivity contribution >= 4 is 18.1 Å². The average molecular weight is 225 g/mol. The molecule has 1 heterocycles. The lowest BCUT2D eigenvalue weighted by molar-refractivity contribution is -0.132.